The number of nitrogens with zero attached hydrogens (tertiary/aromatic N) is 1. The third kappa shape index (κ3) is 2.72. The molecule has 2 rings (SSSR count). The molecule has 0 bridgehead atoms. The lowest BCUT2D eigenvalue weighted by atomic mass is 9.89. The molecule has 0 saturated carbocycles. The van der Waals surface area contributed by atoms with E-state index in [4.69, 9.17) is 0 Å². The van der Waals surface area contributed by atoms with E-state index in [9.17, 15) is 23.1 Å². The van der Waals surface area contributed by atoms with Gasteiger partial charge in [0.05, 0.1) is 5.92 Å². The largest absolute Gasteiger partial charge is 0.481 e. The predicted octanol–water partition coefficient (Wildman–Crippen LogP) is 1.02. The number of fused-ring (bicyclic) bond motifs is 1. The second-order valence-electron chi connectivity index (χ2n) is 6.06. The van der Waals surface area contributed by atoms with Gasteiger partial charge in [0.15, 0.2) is 9.84 Å². The lowest BCUT2D eigenvalue weighted by Crippen LogP contribution is -2.52. The zero-order valence-corrected chi connectivity index (χ0v) is 13.6. The van der Waals surface area contributed by atoms with Gasteiger partial charge >= 0.3 is 5.97 Å². The van der Waals surface area contributed by atoms with E-state index < -0.39 is 32.4 Å². The molecular weight excluding hydrogens is 306 g/mol. The summed E-state index contributed by atoms with van der Waals surface area (Å²) in [4.78, 5) is 25.4. The Morgan fingerprint density at radius 3 is 2.41 bits per heavy atom. The topological polar surface area (TPSA) is 91.8 Å². The van der Waals surface area contributed by atoms with Gasteiger partial charge in [-0.15, -0.1) is 0 Å². The van der Waals surface area contributed by atoms with E-state index >= 15 is 0 Å². The smallest absolute Gasteiger partial charge is 0.312 e. The molecule has 0 aromatic heterocycles. The molecule has 0 fully saturated rings. The fourth-order valence-electron chi connectivity index (χ4n) is 2.51. The lowest BCUT2D eigenvalue weighted by Gasteiger charge is -2.36. The zero-order chi connectivity index (χ0) is 16.7. The second-order valence-corrected chi connectivity index (χ2v) is 8.62. The standard InChI is InChI=1S/C15H19NO5S/c1-15(2,22(3,20)21)14(19)16-8-10-6-4-5-7-11(10)12(9-16)13(17)18/h4-7,12H,8-9H2,1-3H3,(H,17,18). The first-order valence-corrected chi connectivity index (χ1v) is 8.74. The number of carboxylic acids is 1. The molecule has 1 aliphatic heterocycles. The number of aliphatic carboxylic acids is 1. The average Bonchev–Trinajstić information content (AvgIpc) is 2.43. The summed E-state index contributed by atoms with van der Waals surface area (Å²) in [6.07, 6.45) is 1.01. The maximum atomic E-state index is 12.6. The highest BCUT2D eigenvalue weighted by Crippen LogP contribution is 2.31. The number of carbonyl (C=O) groups is 2. The van der Waals surface area contributed by atoms with Crippen LogP contribution in [0.4, 0.5) is 0 Å². The summed E-state index contributed by atoms with van der Waals surface area (Å²) in [5.74, 6) is -2.44. The van der Waals surface area contributed by atoms with Crippen molar-refractivity contribution in [2.75, 3.05) is 12.8 Å². The number of sulfone groups is 1. The van der Waals surface area contributed by atoms with Gasteiger partial charge in [0.25, 0.3) is 0 Å². The zero-order valence-electron chi connectivity index (χ0n) is 12.7. The van der Waals surface area contributed by atoms with Crippen molar-refractivity contribution in [1.82, 2.24) is 4.90 Å². The van der Waals surface area contributed by atoms with Crippen LogP contribution in [0.25, 0.3) is 0 Å². The molecule has 7 heteroatoms. The van der Waals surface area contributed by atoms with Crippen molar-refractivity contribution in [2.45, 2.75) is 31.1 Å². The van der Waals surface area contributed by atoms with Crippen LogP contribution in [0, 0.1) is 0 Å². The van der Waals surface area contributed by atoms with Crippen molar-refractivity contribution >= 4 is 21.7 Å². The first-order chi connectivity index (χ1) is 10.1. The Balaban J connectivity index is 2.41. The van der Waals surface area contributed by atoms with Gasteiger partial charge in [0.1, 0.15) is 4.75 Å². The lowest BCUT2D eigenvalue weighted by molar-refractivity contribution is -0.142. The molecule has 0 aliphatic carbocycles. The fraction of sp³-hybridized carbons (Fsp3) is 0.467. The highest BCUT2D eigenvalue weighted by molar-refractivity contribution is 7.92. The Morgan fingerprint density at radius 2 is 1.86 bits per heavy atom. The van der Waals surface area contributed by atoms with Crippen LogP contribution in [0.2, 0.25) is 0 Å². The molecule has 1 amide bonds. The minimum absolute atomic E-state index is 0.0237. The summed E-state index contributed by atoms with van der Waals surface area (Å²) in [5, 5.41) is 9.39. The number of carboxylic acid groups (broad SMARTS) is 1. The fourth-order valence-corrected chi connectivity index (χ4v) is 2.96. The van der Waals surface area contributed by atoms with E-state index in [1.165, 1.54) is 18.7 Å². The van der Waals surface area contributed by atoms with Crippen molar-refractivity contribution in [3.05, 3.63) is 35.4 Å². The average molecular weight is 325 g/mol. The third-order valence-corrected chi connectivity index (χ3v) is 6.25. The van der Waals surface area contributed by atoms with E-state index in [1.807, 2.05) is 0 Å². The maximum Gasteiger partial charge on any atom is 0.312 e. The van der Waals surface area contributed by atoms with Gasteiger partial charge in [0, 0.05) is 19.3 Å². The number of benzene rings is 1. The maximum absolute atomic E-state index is 12.6. The molecule has 0 radical (unpaired) electrons. The Hall–Kier alpha value is -1.89. The molecule has 1 aromatic rings. The van der Waals surface area contributed by atoms with Crippen molar-refractivity contribution in [3.8, 4) is 0 Å². The number of carbonyl (C=O) groups excluding carboxylic acids is 1. The molecule has 1 atom stereocenters. The van der Waals surface area contributed by atoms with E-state index in [-0.39, 0.29) is 13.1 Å². The van der Waals surface area contributed by atoms with E-state index in [0.29, 0.717) is 5.56 Å². The van der Waals surface area contributed by atoms with Crippen LogP contribution in [0.1, 0.15) is 30.9 Å². The summed E-state index contributed by atoms with van der Waals surface area (Å²) < 4.78 is 22.1. The Labute approximate surface area is 129 Å². The molecule has 1 unspecified atom stereocenters. The summed E-state index contributed by atoms with van der Waals surface area (Å²) in [5.41, 5.74) is 1.41. The van der Waals surface area contributed by atoms with Crippen LogP contribution in [0.15, 0.2) is 24.3 Å². The summed E-state index contributed by atoms with van der Waals surface area (Å²) in [7, 11) is -3.60. The molecular formula is C15H19NO5S. The minimum Gasteiger partial charge on any atom is -0.481 e. The van der Waals surface area contributed by atoms with Crippen LogP contribution in [0.5, 0.6) is 0 Å². The summed E-state index contributed by atoms with van der Waals surface area (Å²) in [6.45, 7) is 2.89. The number of hydrogen-bond acceptors (Lipinski definition) is 4. The Kier molecular flexibility index (Phi) is 4.04. The van der Waals surface area contributed by atoms with Crippen LogP contribution < -0.4 is 0 Å². The monoisotopic (exact) mass is 325 g/mol. The molecule has 120 valence electrons. The number of hydrogen-bond donors (Lipinski definition) is 1. The van der Waals surface area contributed by atoms with Crippen molar-refractivity contribution < 1.29 is 23.1 Å². The van der Waals surface area contributed by atoms with Gasteiger partial charge < -0.3 is 10.0 Å². The van der Waals surface area contributed by atoms with Crippen molar-refractivity contribution in [1.29, 1.82) is 0 Å². The van der Waals surface area contributed by atoms with E-state index in [0.717, 1.165) is 11.8 Å². The third-order valence-electron chi connectivity index (χ3n) is 4.22. The highest BCUT2D eigenvalue weighted by Gasteiger charge is 2.44. The van der Waals surface area contributed by atoms with Gasteiger partial charge in [-0.3, -0.25) is 9.59 Å². The molecule has 1 aliphatic rings. The van der Waals surface area contributed by atoms with E-state index in [1.54, 1.807) is 24.3 Å². The normalized spacial score (nSPS) is 18.7. The minimum atomic E-state index is -3.60. The van der Waals surface area contributed by atoms with Gasteiger partial charge in [0.2, 0.25) is 5.91 Å². The second kappa shape index (κ2) is 5.39. The van der Waals surface area contributed by atoms with E-state index in [2.05, 4.69) is 0 Å². The molecule has 0 spiro atoms. The summed E-state index contributed by atoms with van der Waals surface area (Å²) in [6, 6.07) is 7.02. The molecule has 1 aromatic carbocycles. The molecule has 1 heterocycles. The van der Waals surface area contributed by atoms with Crippen molar-refractivity contribution in [2.24, 2.45) is 0 Å². The predicted molar refractivity (Wildman–Crippen MR) is 81.2 cm³/mol. The summed E-state index contributed by atoms with van der Waals surface area (Å²) >= 11 is 0. The number of rotatable bonds is 3. The SMILES string of the molecule is CC(C)(C(=O)N1Cc2ccccc2C(C(=O)O)C1)S(C)(=O)=O. The van der Waals surface area contributed by atoms with Gasteiger partial charge in [-0.2, -0.15) is 0 Å². The molecule has 22 heavy (non-hydrogen) atoms. The van der Waals surface area contributed by atoms with Crippen LogP contribution in [0.3, 0.4) is 0 Å². The first kappa shape index (κ1) is 16.5. The van der Waals surface area contributed by atoms with Crippen LogP contribution in [-0.4, -0.2) is 47.8 Å². The first-order valence-electron chi connectivity index (χ1n) is 6.85. The van der Waals surface area contributed by atoms with Crippen LogP contribution >= 0.6 is 0 Å². The molecule has 6 nitrogen and oxygen atoms in total. The Morgan fingerprint density at radius 1 is 1.27 bits per heavy atom. The van der Waals surface area contributed by atoms with Gasteiger partial charge in [-0.05, 0) is 25.0 Å². The van der Waals surface area contributed by atoms with Gasteiger partial charge in [-0.1, -0.05) is 24.3 Å². The van der Waals surface area contributed by atoms with Crippen molar-refractivity contribution in [3.63, 3.8) is 0 Å². The van der Waals surface area contributed by atoms with Crippen LogP contribution in [-0.2, 0) is 26.0 Å². The molecule has 1 N–H and O–H groups in total. The Bertz CT molecular complexity index is 723. The molecule has 0 saturated heterocycles. The van der Waals surface area contributed by atoms with Gasteiger partial charge in [-0.25, -0.2) is 8.42 Å². The quantitative estimate of drug-likeness (QED) is 0.896. The highest BCUT2D eigenvalue weighted by atomic mass is 32.2. The number of amides is 1.